The number of carbonyl (C=O) groups excluding carboxylic acids is 1. The lowest BCUT2D eigenvalue weighted by atomic mass is 10.2. The molecule has 2 aromatic rings. The molecule has 1 saturated carbocycles. The number of rotatable bonds is 6. The van der Waals surface area contributed by atoms with Crippen molar-refractivity contribution >= 4 is 17.7 Å². The van der Waals surface area contributed by atoms with Crippen LogP contribution in [0.5, 0.6) is 0 Å². The molecule has 1 fully saturated rings. The molecule has 0 atom stereocenters. The summed E-state index contributed by atoms with van der Waals surface area (Å²) in [5.41, 5.74) is 0.851. The number of nitrogens with zero attached hydrogens (tertiary/aromatic N) is 2. The molecule has 1 aliphatic carbocycles. The molecule has 5 nitrogen and oxygen atoms in total. The molecule has 0 unspecified atom stereocenters. The summed E-state index contributed by atoms with van der Waals surface area (Å²) in [6, 6.07) is 6.02. The van der Waals surface area contributed by atoms with Crippen molar-refractivity contribution in [2.24, 2.45) is 0 Å². The second-order valence-corrected chi connectivity index (χ2v) is 5.80. The molecule has 1 amide bonds. The highest BCUT2D eigenvalue weighted by molar-refractivity contribution is 7.99. The fraction of sp³-hybridized carbons (Fsp3) is 0.357. The number of benzene rings is 1. The van der Waals surface area contributed by atoms with E-state index in [1.165, 1.54) is 23.9 Å². The van der Waals surface area contributed by atoms with Crippen molar-refractivity contribution in [3.8, 4) is 0 Å². The first-order valence-electron chi connectivity index (χ1n) is 6.68. The van der Waals surface area contributed by atoms with Crippen LogP contribution in [0.3, 0.4) is 0 Å². The predicted molar refractivity (Wildman–Crippen MR) is 75.2 cm³/mol. The first kappa shape index (κ1) is 14.1. The van der Waals surface area contributed by atoms with Crippen molar-refractivity contribution in [3.05, 3.63) is 41.5 Å². The summed E-state index contributed by atoms with van der Waals surface area (Å²) >= 11 is 1.22. The zero-order chi connectivity index (χ0) is 14.7. The van der Waals surface area contributed by atoms with Gasteiger partial charge in [0.15, 0.2) is 0 Å². The number of aromatic nitrogens is 2. The Hall–Kier alpha value is -1.89. The Balaban J connectivity index is 1.42. The van der Waals surface area contributed by atoms with E-state index in [-0.39, 0.29) is 17.5 Å². The Morgan fingerprint density at radius 2 is 2.10 bits per heavy atom. The van der Waals surface area contributed by atoms with Crippen LogP contribution in [0.1, 0.15) is 30.2 Å². The maximum Gasteiger partial charge on any atom is 0.277 e. The van der Waals surface area contributed by atoms with E-state index in [1.807, 2.05) is 0 Å². The standard InChI is InChI=1S/C14H14FN3O2S/c15-11-5-1-9(2-6-11)7-16-12(19)8-21-14-18-17-13(20-14)10-3-4-10/h1-2,5-6,10H,3-4,7-8H2,(H,16,19). The number of nitrogens with one attached hydrogen (secondary N) is 1. The van der Waals surface area contributed by atoms with E-state index in [1.54, 1.807) is 12.1 Å². The van der Waals surface area contributed by atoms with Gasteiger partial charge in [0.2, 0.25) is 11.8 Å². The summed E-state index contributed by atoms with van der Waals surface area (Å²) < 4.78 is 18.2. The second kappa shape index (κ2) is 6.26. The molecule has 1 aromatic heterocycles. The average Bonchev–Trinajstić information content (AvgIpc) is 3.23. The highest BCUT2D eigenvalue weighted by Crippen LogP contribution is 2.39. The summed E-state index contributed by atoms with van der Waals surface area (Å²) in [4.78, 5) is 11.7. The molecule has 3 rings (SSSR count). The van der Waals surface area contributed by atoms with Crippen LogP contribution in [-0.4, -0.2) is 21.9 Å². The molecule has 1 heterocycles. The molecule has 21 heavy (non-hydrogen) atoms. The molecule has 7 heteroatoms. The molecular weight excluding hydrogens is 293 g/mol. The number of carbonyl (C=O) groups is 1. The molecule has 110 valence electrons. The largest absolute Gasteiger partial charge is 0.416 e. The van der Waals surface area contributed by atoms with Gasteiger partial charge in [-0.05, 0) is 30.5 Å². The predicted octanol–water partition coefficient (Wildman–Crippen LogP) is 2.49. The van der Waals surface area contributed by atoms with Gasteiger partial charge in [0.05, 0.1) is 5.75 Å². The van der Waals surface area contributed by atoms with Crippen LogP contribution in [0.25, 0.3) is 0 Å². The van der Waals surface area contributed by atoms with Gasteiger partial charge in [-0.1, -0.05) is 23.9 Å². The second-order valence-electron chi connectivity index (χ2n) is 4.87. The summed E-state index contributed by atoms with van der Waals surface area (Å²) in [5.74, 6) is 0.885. The van der Waals surface area contributed by atoms with Crippen LogP contribution in [0.4, 0.5) is 4.39 Å². The third-order valence-electron chi connectivity index (χ3n) is 3.08. The van der Waals surface area contributed by atoms with Crippen LogP contribution in [0, 0.1) is 5.82 Å². The smallest absolute Gasteiger partial charge is 0.277 e. The van der Waals surface area contributed by atoms with Gasteiger partial charge in [-0.3, -0.25) is 4.79 Å². The Kier molecular flexibility index (Phi) is 4.19. The molecule has 1 N–H and O–H groups in total. The van der Waals surface area contributed by atoms with Gasteiger partial charge in [-0.25, -0.2) is 4.39 Å². The molecule has 1 aliphatic rings. The third kappa shape index (κ3) is 4.04. The zero-order valence-electron chi connectivity index (χ0n) is 11.2. The van der Waals surface area contributed by atoms with E-state index in [2.05, 4.69) is 15.5 Å². The minimum absolute atomic E-state index is 0.129. The van der Waals surface area contributed by atoms with Crippen LogP contribution in [0.2, 0.25) is 0 Å². The molecule has 0 saturated heterocycles. The molecular formula is C14H14FN3O2S. The van der Waals surface area contributed by atoms with Gasteiger partial charge in [0, 0.05) is 12.5 Å². The average molecular weight is 307 g/mol. The van der Waals surface area contributed by atoms with Gasteiger partial charge in [-0.2, -0.15) is 0 Å². The van der Waals surface area contributed by atoms with Gasteiger partial charge >= 0.3 is 0 Å². The van der Waals surface area contributed by atoms with E-state index < -0.39 is 0 Å². The lowest BCUT2D eigenvalue weighted by Gasteiger charge is -2.04. The lowest BCUT2D eigenvalue weighted by molar-refractivity contribution is -0.118. The molecule has 0 bridgehead atoms. The monoisotopic (exact) mass is 307 g/mol. The Morgan fingerprint density at radius 1 is 1.33 bits per heavy atom. The van der Waals surface area contributed by atoms with Crippen molar-refractivity contribution in [2.45, 2.75) is 30.5 Å². The number of hydrogen-bond acceptors (Lipinski definition) is 5. The van der Waals surface area contributed by atoms with E-state index >= 15 is 0 Å². The van der Waals surface area contributed by atoms with Crippen molar-refractivity contribution in [2.75, 3.05) is 5.75 Å². The lowest BCUT2D eigenvalue weighted by Crippen LogP contribution is -2.24. The molecule has 0 aliphatic heterocycles. The van der Waals surface area contributed by atoms with Crippen LogP contribution < -0.4 is 5.32 Å². The molecule has 0 radical (unpaired) electrons. The topological polar surface area (TPSA) is 68.0 Å². The summed E-state index contributed by atoms with van der Waals surface area (Å²) in [6.07, 6.45) is 2.20. The fourth-order valence-corrected chi connectivity index (χ4v) is 2.35. The highest BCUT2D eigenvalue weighted by Gasteiger charge is 2.29. The Morgan fingerprint density at radius 3 is 2.81 bits per heavy atom. The Labute approximate surface area is 125 Å². The van der Waals surface area contributed by atoms with Gasteiger partial charge in [0.25, 0.3) is 5.22 Å². The van der Waals surface area contributed by atoms with Crippen LogP contribution in [0.15, 0.2) is 33.9 Å². The Bertz CT molecular complexity index is 625. The van der Waals surface area contributed by atoms with Crippen LogP contribution in [-0.2, 0) is 11.3 Å². The molecule has 0 spiro atoms. The van der Waals surface area contributed by atoms with Crippen molar-refractivity contribution in [3.63, 3.8) is 0 Å². The normalized spacial score (nSPS) is 14.1. The maximum atomic E-state index is 12.7. The first-order chi connectivity index (χ1) is 10.2. The quantitative estimate of drug-likeness (QED) is 0.830. The number of halogens is 1. The van der Waals surface area contributed by atoms with Gasteiger partial charge in [0.1, 0.15) is 5.82 Å². The van der Waals surface area contributed by atoms with E-state index in [4.69, 9.17) is 4.42 Å². The summed E-state index contributed by atoms with van der Waals surface area (Å²) in [7, 11) is 0. The van der Waals surface area contributed by atoms with Crippen LogP contribution >= 0.6 is 11.8 Å². The zero-order valence-corrected chi connectivity index (χ0v) is 12.0. The van der Waals surface area contributed by atoms with E-state index in [0.717, 1.165) is 18.4 Å². The third-order valence-corrected chi connectivity index (χ3v) is 3.90. The van der Waals surface area contributed by atoms with Crippen molar-refractivity contribution < 1.29 is 13.6 Å². The maximum absolute atomic E-state index is 12.7. The number of amides is 1. The molecule has 1 aromatic carbocycles. The van der Waals surface area contributed by atoms with Crippen molar-refractivity contribution in [1.82, 2.24) is 15.5 Å². The summed E-state index contributed by atoms with van der Waals surface area (Å²) in [6.45, 7) is 0.372. The van der Waals surface area contributed by atoms with Gasteiger partial charge < -0.3 is 9.73 Å². The van der Waals surface area contributed by atoms with E-state index in [9.17, 15) is 9.18 Å². The summed E-state index contributed by atoms with van der Waals surface area (Å²) in [5, 5.41) is 11.0. The first-order valence-corrected chi connectivity index (χ1v) is 7.66. The fourth-order valence-electron chi connectivity index (χ4n) is 1.76. The highest BCUT2D eigenvalue weighted by atomic mass is 32.2. The number of hydrogen-bond donors (Lipinski definition) is 1. The SMILES string of the molecule is O=C(CSc1nnc(C2CC2)o1)NCc1ccc(F)cc1. The van der Waals surface area contributed by atoms with Crippen molar-refractivity contribution in [1.29, 1.82) is 0 Å². The van der Waals surface area contributed by atoms with E-state index in [0.29, 0.717) is 23.6 Å². The minimum atomic E-state index is -0.288. The van der Waals surface area contributed by atoms with Gasteiger partial charge in [-0.15, -0.1) is 10.2 Å². The number of thioether (sulfide) groups is 1. The minimum Gasteiger partial charge on any atom is -0.416 e.